The number of rotatable bonds is 10. The molecule has 1 aromatic rings. The molecule has 0 atom stereocenters. The first-order valence-corrected chi connectivity index (χ1v) is 9.90. The van der Waals surface area contributed by atoms with Crippen LogP contribution in [-0.2, 0) is 32.1 Å². The molecule has 1 amide bonds. The van der Waals surface area contributed by atoms with E-state index in [0.29, 0.717) is 36.3 Å². The minimum atomic E-state index is -1.21. The number of hydrogen-bond acceptors (Lipinski definition) is 6. The summed E-state index contributed by atoms with van der Waals surface area (Å²) in [5.41, 5.74) is 3.30. The predicted molar refractivity (Wildman–Crippen MR) is 109 cm³/mol. The Bertz CT molecular complexity index is 862. The summed E-state index contributed by atoms with van der Waals surface area (Å²) in [5, 5.41) is 2.49. The van der Waals surface area contributed by atoms with Crippen LogP contribution < -0.4 is 10.1 Å². The molecule has 0 aliphatic carbocycles. The first-order chi connectivity index (χ1) is 14.3. The van der Waals surface area contributed by atoms with Gasteiger partial charge in [0, 0.05) is 17.5 Å². The van der Waals surface area contributed by atoms with E-state index in [2.05, 4.69) is 5.32 Å². The van der Waals surface area contributed by atoms with Crippen molar-refractivity contribution < 1.29 is 33.0 Å². The highest BCUT2D eigenvalue weighted by Gasteiger charge is 2.32. The lowest BCUT2D eigenvalue weighted by Gasteiger charge is -2.19. The molecule has 8 heteroatoms. The largest absolute Gasteiger partial charge is 0.496 e. The SMILES string of the molecule is CCCOC(=O)CC/C(C)=C/Cc1c(NC(=O)CF)c2c(c(C)c1OC)COC2=O. The molecule has 1 aliphatic rings. The number of benzene rings is 1. The molecule has 0 aromatic heterocycles. The molecule has 1 N–H and O–H groups in total. The highest BCUT2D eigenvalue weighted by molar-refractivity contribution is 6.06. The molecule has 0 saturated carbocycles. The Labute approximate surface area is 175 Å². The Morgan fingerprint density at radius 3 is 2.67 bits per heavy atom. The molecule has 1 aliphatic heterocycles. The third kappa shape index (κ3) is 5.37. The van der Waals surface area contributed by atoms with Crippen molar-refractivity contribution in [2.24, 2.45) is 0 Å². The van der Waals surface area contributed by atoms with Crippen LogP contribution in [0.5, 0.6) is 5.75 Å². The minimum absolute atomic E-state index is 0.0733. The summed E-state index contributed by atoms with van der Waals surface area (Å²) in [6.07, 6.45) is 3.77. The number of cyclic esters (lactones) is 1. The molecular weight excluding hydrogens is 393 g/mol. The zero-order valence-electron chi connectivity index (χ0n) is 17.9. The van der Waals surface area contributed by atoms with Gasteiger partial charge in [0.15, 0.2) is 6.67 Å². The van der Waals surface area contributed by atoms with Gasteiger partial charge >= 0.3 is 11.9 Å². The van der Waals surface area contributed by atoms with Gasteiger partial charge in [-0.25, -0.2) is 9.18 Å². The van der Waals surface area contributed by atoms with Crippen LogP contribution in [0.2, 0.25) is 0 Å². The van der Waals surface area contributed by atoms with Gasteiger partial charge in [-0.15, -0.1) is 0 Å². The van der Waals surface area contributed by atoms with Gasteiger partial charge in [0.2, 0.25) is 0 Å². The monoisotopic (exact) mass is 421 g/mol. The van der Waals surface area contributed by atoms with E-state index in [0.717, 1.165) is 17.6 Å². The molecule has 30 heavy (non-hydrogen) atoms. The maximum Gasteiger partial charge on any atom is 0.341 e. The van der Waals surface area contributed by atoms with Gasteiger partial charge in [-0.1, -0.05) is 18.6 Å². The van der Waals surface area contributed by atoms with Gasteiger partial charge in [0.05, 0.1) is 25.0 Å². The maximum atomic E-state index is 12.9. The van der Waals surface area contributed by atoms with Crippen molar-refractivity contribution in [1.29, 1.82) is 0 Å². The van der Waals surface area contributed by atoms with E-state index in [1.165, 1.54) is 7.11 Å². The van der Waals surface area contributed by atoms with Crippen LogP contribution >= 0.6 is 0 Å². The van der Waals surface area contributed by atoms with Crippen molar-refractivity contribution in [2.45, 2.75) is 53.1 Å². The number of alkyl halides is 1. The number of hydrogen-bond donors (Lipinski definition) is 1. The molecule has 2 rings (SSSR count). The number of halogens is 1. The number of ether oxygens (including phenoxy) is 3. The summed E-state index contributed by atoms with van der Waals surface area (Å²) >= 11 is 0. The van der Waals surface area contributed by atoms with Crippen molar-refractivity contribution in [3.8, 4) is 5.75 Å². The molecule has 0 spiro atoms. The standard InChI is InChI=1S/C22H28FNO6/c1-5-10-29-18(26)9-7-13(2)6-8-15-20(24-17(25)11-23)19-16(12-30-22(19)27)14(3)21(15)28-4/h6H,5,7-12H2,1-4H3,(H,24,25)/b13-6+. The number of nitrogens with one attached hydrogen (secondary N) is 1. The van der Waals surface area contributed by atoms with Crippen LogP contribution in [0.3, 0.4) is 0 Å². The lowest BCUT2D eigenvalue weighted by Crippen LogP contribution is -2.18. The van der Waals surface area contributed by atoms with Crippen LogP contribution in [0.1, 0.15) is 60.2 Å². The molecule has 7 nitrogen and oxygen atoms in total. The van der Waals surface area contributed by atoms with Gasteiger partial charge in [-0.05, 0) is 38.7 Å². The number of fused-ring (bicyclic) bond motifs is 1. The van der Waals surface area contributed by atoms with Crippen molar-refractivity contribution in [2.75, 3.05) is 25.7 Å². The number of methoxy groups -OCH3 is 1. The first-order valence-electron chi connectivity index (χ1n) is 9.90. The number of carbonyl (C=O) groups excluding carboxylic acids is 3. The van der Waals surface area contributed by atoms with E-state index in [1.807, 2.05) is 26.8 Å². The zero-order valence-corrected chi connectivity index (χ0v) is 17.9. The fourth-order valence-electron chi connectivity index (χ4n) is 3.33. The average Bonchev–Trinajstić information content (AvgIpc) is 3.12. The van der Waals surface area contributed by atoms with Crippen LogP contribution in [0.25, 0.3) is 0 Å². The number of allylic oxidation sites excluding steroid dienone is 2. The van der Waals surface area contributed by atoms with E-state index in [9.17, 15) is 18.8 Å². The quantitative estimate of drug-likeness (QED) is 0.456. The van der Waals surface area contributed by atoms with Crippen LogP contribution in [0.4, 0.5) is 10.1 Å². The molecular formula is C22H28FNO6. The van der Waals surface area contributed by atoms with Crippen LogP contribution in [-0.4, -0.2) is 38.2 Å². The minimum Gasteiger partial charge on any atom is -0.496 e. The third-order valence-electron chi connectivity index (χ3n) is 4.91. The van der Waals surface area contributed by atoms with E-state index in [-0.39, 0.29) is 30.2 Å². The van der Waals surface area contributed by atoms with Gasteiger partial charge in [-0.3, -0.25) is 9.59 Å². The molecule has 0 fully saturated rings. The smallest absolute Gasteiger partial charge is 0.341 e. The van der Waals surface area contributed by atoms with Crippen LogP contribution in [0, 0.1) is 6.92 Å². The average molecular weight is 421 g/mol. The summed E-state index contributed by atoms with van der Waals surface area (Å²) in [4.78, 5) is 35.8. The van der Waals surface area contributed by atoms with Gasteiger partial charge in [-0.2, -0.15) is 0 Å². The lowest BCUT2D eigenvalue weighted by atomic mass is 9.93. The van der Waals surface area contributed by atoms with Crippen molar-refractivity contribution in [1.82, 2.24) is 0 Å². The Morgan fingerprint density at radius 2 is 2.03 bits per heavy atom. The second kappa shape index (κ2) is 10.8. The number of amides is 1. The van der Waals surface area contributed by atoms with Crippen molar-refractivity contribution >= 4 is 23.5 Å². The fraction of sp³-hybridized carbons (Fsp3) is 0.500. The second-order valence-electron chi connectivity index (χ2n) is 7.10. The first kappa shape index (κ1) is 23.4. The zero-order chi connectivity index (χ0) is 22.3. The molecule has 0 unspecified atom stereocenters. The summed E-state index contributed by atoms with van der Waals surface area (Å²) in [6, 6.07) is 0. The summed E-state index contributed by atoms with van der Waals surface area (Å²) in [5.74, 6) is -1.17. The van der Waals surface area contributed by atoms with Gasteiger partial charge < -0.3 is 19.5 Å². The van der Waals surface area contributed by atoms with Gasteiger partial charge in [0.1, 0.15) is 12.4 Å². The number of esters is 2. The van der Waals surface area contributed by atoms with Crippen molar-refractivity contribution in [3.63, 3.8) is 0 Å². The topological polar surface area (TPSA) is 90.9 Å². The van der Waals surface area contributed by atoms with Gasteiger partial charge in [0.25, 0.3) is 5.91 Å². The van der Waals surface area contributed by atoms with E-state index >= 15 is 0 Å². The lowest BCUT2D eigenvalue weighted by molar-refractivity contribution is -0.143. The van der Waals surface area contributed by atoms with E-state index in [4.69, 9.17) is 14.2 Å². The maximum absolute atomic E-state index is 12.9. The molecule has 0 saturated heterocycles. The molecule has 0 radical (unpaired) electrons. The predicted octanol–water partition coefficient (Wildman–Crippen LogP) is 3.80. The molecule has 0 bridgehead atoms. The Morgan fingerprint density at radius 1 is 1.30 bits per heavy atom. The van der Waals surface area contributed by atoms with E-state index in [1.54, 1.807) is 0 Å². The molecule has 164 valence electrons. The highest BCUT2D eigenvalue weighted by Crippen LogP contribution is 2.41. The molecule has 1 aromatic carbocycles. The van der Waals surface area contributed by atoms with Crippen LogP contribution in [0.15, 0.2) is 11.6 Å². The molecule has 1 heterocycles. The Hall–Kier alpha value is -2.90. The normalized spacial score (nSPS) is 13.0. The summed E-state index contributed by atoms with van der Waals surface area (Å²) in [6.45, 7) is 4.89. The summed E-state index contributed by atoms with van der Waals surface area (Å²) < 4.78 is 28.6. The summed E-state index contributed by atoms with van der Waals surface area (Å²) in [7, 11) is 1.50. The van der Waals surface area contributed by atoms with Crippen molar-refractivity contribution in [3.05, 3.63) is 33.9 Å². The fourth-order valence-corrected chi connectivity index (χ4v) is 3.33. The Balaban J connectivity index is 2.34. The highest BCUT2D eigenvalue weighted by atomic mass is 19.1. The third-order valence-corrected chi connectivity index (χ3v) is 4.91. The van der Waals surface area contributed by atoms with E-state index < -0.39 is 18.6 Å². The Kier molecular flexibility index (Phi) is 8.38. The number of carbonyl (C=O) groups is 3. The second-order valence-corrected chi connectivity index (χ2v) is 7.10. The number of anilines is 1.